The van der Waals surface area contributed by atoms with Crippen LogP contribution in [0.25, 0.3) is 0 Å². The lowest BCUT2D eigenvalue weighted by atomic mass is 10.0. The molecule has 0 aromatic heterocycles. The van der Waals surface area contributed by atoms with E-state index < -0.39 is 0 Å². The Morgan fingerprint density at radius 2 is 1.28 bits per heavy atom. The van der Waals surface area contributed by atoms with Crippen LogP contribution in [0.3, 0.4) is 0 Å². The second-order valence-corrected chi connectivity index (χ2v) is 6.28. The smallest absolute Gasteiger partial charge is 0.0386 e. The minimum Gasteiger partial charge on any atom is -0.0654 e. The van der Waals surface area contributed by atoms with Crippen molar-refractivity contribution in [3.05, 3.63) is 6.42 Å². The third-order valence-corrected chi connectivity index (χ3v) is 4.24. The normalized spacial score (nSPS) is 15.2. The van der Waals surface area contributed by atoms with Crippen molar-refractivity contribution in [2.24, 2.45) is 5.92 Å². The van der Waals surface area contributed by atoms with E-state index in [1.54, 1.807) is 0 Å². The van der Waals surface area contributed by atoms with Gasteiger partial charge in [-0.3, -0.25) is 0 Å². The summed E-state index contributed by atoms with van der Waals surface area (Å²) in [7, 11) is 0. The Labute approximate surface area is 116 Å². The molecule has 1 saturated carbocycles. The molecular weight excluding hydrogens is 216 g/mol. The van der Waals surface area contributed by atoms with Crippen LogP contribution in [0.2, 0.25) is 0 Å². The van der Waals surface area contributed by atoms with Crippen LogP contribution in [0.4, 0.5) is 0 Å². The van der Waals surface area contributed by atoms with Crippen LogP contribution < -0.4 is 0 Å². The molecule has 0 N–H and O–H groups in total. The maximum absolute atomic E-state index is 2.54. The van der Waals surface area contributed by atoms with Gasteiger partial charge in [0, 0.05) is 0 Å². The molecule has 1 rings (SSSR count). The van der Waals surface area contributed by atoms with Crippen LogP contribution >= 0.6 is 0 Å². The Bertz CT molecular complexity index is 157. The highest BCUT2D eigenvalue weighted by Gasteiger charge is 2.19. The lowest BCUT2D eigenvalue weighted by Gasteiger charge is -2.02. The van der Waals surface area contributed by atoms with Crippen molar-refractivity contribution in [1.82, 2.24) is 0 Å². The first kappa shape index (κ1) is 16.1. The average molecular weight is 251 g/mol. The summed E-state index contributed by atoms with van der Waals surface area (Å²) in [4.78, 5) is 0. The van der Waals surface area contributed by atoms with Crippen molar-refractivity contribution in [3.8, 4) is 0 Å². The fraction of sp³-hybridized carbons (Fsp3) is 0.944. The van der Waals surface area contributed by atoms with Gasteiger partial charge in [0.05, 0.1) is 0 Å². The standard InChI is InChI=1S/C18H35/c1-2-3-4-5-6-7-8-9-10-11-12-13-14-15-18-16-17-18/h13,18H,2-12,14-17H2,1H3. The SMILES string of the molecule is CCCCCCCCCCCC[CH]CCC1CC1. The van der Waals surface area contributed by atoms with Crippen molar-refractivity contribution >= 4 is 0 Å². The Kier molecular flexibility index (Phi) is 10.8. The van der Waals surface area contributed by atoms with E-state index in [0.717, 1.165) is 5.92 Å². The Morgan fingerprint density at radius 3 is 1.83 bits per heavy atom. The van der Waals surface area contributed by atoms with Gasteiger partial charge in [0.15, 0.2) is 0 Å². The maximum atomic E-state index is 2.54. The molecule has 1 radical (unpaired) electrons. The van der Waals surface area contributed by atoms with Crippen LogP contribution in [0, 0.1) is 12.3 Å². The van der Waals surface area contributed by atoms with Crippen LogP contribution in [-0.2, 0) is 0 Å². The van der Waals surface area contributed by atoms with E-state index in [9.17, 15) is 0 Å². The van der Waals surface area contributed by atoms with Crippen molar-refractivity contribution in [3.63, 3.8) is 0 Å². The molecule has 1 aliphatic rings. The van der Waals surface area contributed by atoms with Crippen LogP contribution in [-0.4, -0.2) is 0 Å². The van der Waals surface area contributed by atoms with E-state index >= 15 is 0 Å². The van der Waals surface area contributed by atoms with Gasteiger partial charge in [-0.15, -0.1) is 0 Å². The molecule has 0 nitrogen and oxygen atoms in total. The zero-order chi connectivity index (χ0) is 12.9. The summed E-state index contributed by atoms with van der Waals surface area (Å²) in [5.74, 6) is 1.12. The van der Waals surface area contributed by atoms with Gasteiger partial charge in [0.1, 0.15) is 0 Å². The number of hydrogen-bond acceptors (Lipinski definition) is 0. The van der Waals surface area contributed by atoms with Gasteiger partial charge in [0.25, 0.3) is 0 Å². The average Bonchev–Trinajstić information content (AvgIpc) is 3.19. The Morgan fingerprint density at radius 1 is 0.722 bits per heavy atom. The molecule has 0 saturated heterocycles. The van der Waals surface area contributed by atoms with E-state index in [2.05, 4.69) is 13.3 Å². The van der Waals surface area contributed by atoms with Gasteiger partial charge in [0.2, 0.25) is 0 Å². The third kappa shape index (κ3) is 11.1. The highest BCUT2D eigenvalue weighted by Crippen LogP contribution is 2.33. The Balaban J connectivity index is 1.60. The first-order valence-corrected chi connectivity index (χ1v) is 8.75. The minimum atomic E-state index is 1.12. The van der Waals surface area contributed by atoms with Crippen molar-refractivity contribution < 1.29 is 0 Å². The van der Waals surface area contributed by atoms with Gasteiger partial charge in [-0.05, 0) is 18.8 Å². The predicted octanol–water partition coefficient (Wildman–Crippen LogP) is 6.69. The highest BCUT2D eigenvalue weighted by atomic mass is 14.3. The summed E-state index contributed by atoms with van der Waals surface area (Å²) in [6, 6.07) is 0. The van der Waals surface area contributed by atoms with Crippen LogP contribution in [0.1, 0.15) is 103 Å². The quantitative estimate of drug-likeness (QED) is 0.302. The van der Waals surface area contributed by atoms with Crippen LogP contribution in [0.15, 0.2) is 0 Å². The molecule has 0 atom stereocenters. The molecule has 0 amide bonds. The summed E-state index contributed by atoms with van der Waals surface area (Å²) in [6.45, 7) is 2.29. The van der Waals surface area contributed by atoms with Crippen LogP contribution in [0.5, 0.6) is 0 Å². The first-order valence-electron chi connectivity index (χ1n) is 8.75. The molecule has 18 heavy (non-hydrogen) atoms. The first-order chi connectivity index (χ1) is 8.93. The zero-order valence-electron chi connectivity index (χ0n) is 12.8. The van der Waals surface area contributed by atoms with Gasteiger partial charge < -0.3 is 0 Å². The summed E-state index contributed by atoms with van der Waals surface area (Å²) in [5, 5.41) is 0. The summed E-state index contributed by atoms with van der Waals surface area (Å²) < 4.78 is 0. The maximum Gasteiger partial charge on any atom is -0.0386 e. The van der Waals surface area contributed by atoms with E-state index in [1.807, 2.05) is 0 Å². The Hall–Kier alpha value is 0. The minimum absolute atomic E-state index is 1.12. The molecule has 0 unspecified atom stereocenters. The lowest BCUT2D eigenvalue weighted by Crippen LogP contribution is -1.84. The number of rotatable bonds is 14. The molecule has 107 valence electrons. The molecule has 0 spiro atoms. The van der Waals surface area contributed by atoms with Crippen molar-refractivity contribution in [2.75, 3.05) is 0 Å². The van der Waals surface area contributed by atoms with E-state index in [0.29, 0.717) is 0 Å². The second kappa shape index (κ2) is 12.1. The predicted molar refractivity (Wildman–Crippen MR) is 82.7 cm³/mol. The molecule has 0 heteroatoms. The lowest BCUT2D eigenvalue weighted by molar-refractivity contribution is 0.552. The topological polar surface area (TPSA) is 0 Å². The second-order valence-electron chi connectivity index (χ2n) is 6.28. The molecule has 0 aromatic rings. The molecule has 0 aromatic carbocycles. The van der Waals surface area contributed by atoms with E-state index in [1.165, 1.54) is 96.3 Å². The third-order valence-electron chi connectivity index (χ3n) is 4.24. The van der Waals surface area contributed by atoms with Gasteiger partial charge in [-0.1, -0.05) is 96.8 Å². The van der Waals surface area contributed by atoms with Gasteiger partial charge >= 0.3 is 0 Å². The molecule has 0 aliphatic heterocycles. The molecular formula is C18H35. The monoisotopic (exact) mass is 251 g/mol. The van der Waals surface area contributed by atoms with Gasteiger partial charge in [-0.25, -0.2) is 0 Å². The molecule has 1 fully saturated rings. The molecule has 1 aliphatic carbocycles. The molecule has 0 heterocycles. The highest BCUT2D eigenvalue weighted by molar-refractivity contribution is 4.76. The number of unbranched alkanes of at least 4 members (excludes halogenated alkanes) is 12. The fourth-order valence-corrected chi connectivity index (χ4v) is 2.68. The fourth-order valence-electron chi connectivity index (χ4n) is 2.68. The van der Waals surface area contributed by atoms with Crippen molar-refractivity contribution in [1.29, 1.82) is 0 Å². The summed E-state index contributed by atoms with van der Waals surface area (Å²) in [5.41, 5.74) is 0. The van der Waals surface area contributed by atoms with E-state index in [-0.39, 0.29) is 0 Å². The number of hydrogen-bond donors (Lipinski definition) is 0. The zero-order valence-corrected chi connectivity index (χ0v) is 12.8. The van der Waals surface area contributed by atoms with Crippen molar-refractivity contribution in [2.45, 2.75) is 103 Å². The molecule has 0 bridgehead atoms. The largest absolute Gasteiger partial charge is 0.0654 e. The van der Waals surface area contributed by atoms with Gasteiger partial charge in [-0.2, -0.15) is 0 Å². The van der Waals surface area contributed by atoms with E-state index in [4.69, 9.17) is 0 Å². The summed E-state index contributed by atoms with van der Waals surface area (Å²) in [6.07, 6.45) is 24.4. The summed E-state index contributed by atoms with van der Waals surface area (Å²) >= 11 is 0.